The molecule has 0 saturated heterocycles. The molecule has 8 nitrogen and oxygen atoms in total. The van der Waals surface area contributed by atoms with Crippen molar-refractivity contribution in [3.05, 3.63) is 68.2 Å². The summed E-state index contributed by atoms with van der Waals surface area (Å²) in [6, 6.07) is 8.58. The van der Waals surface area contributed by atoms with E-state index in [4.69, 9.17) is 42.5 Å². The second-order valence-corrected chi connectivity index (χ2v) is 10.1. The lowest BCUT2D eigenvalue weighted by Crippen LogP contribution is -2.12. The summed E-state index contributed by atoms with van der Waals surface area (Å²) in [6.45, 7) is 3.30. The fraction of sp³-hybridized carbons (Fsp3) is 0.321. The van der Waals surface area contributed by atoms with Gasteiger partial charge in [-0.1, -0.05) is 61.5 Å². The number of thiazole rings is 1. The van der Waals surface area contributed by atoms with Crippen LogP contribution in [0.3, 0.4) is 0 Å². The van der Waals surface area contributed by atoms with Gasteiger partial charge in [0.25, 0.3) is 5.91 Å². The van der Waals surface area contributed by atoms with Gasteiger partial charge < -0.3 is 19.3 Å². The summed E-state index contributed by atoms with van der Waals surface area (Å²) in [5.41, 5.74) is 2.76. The monoisotopic (exact) mass is 592 g/mol. The Balaban J connectivity index is 1.74. The number of methoxy groups -OCH3 is 2. The minimum Gasteiger partial charge on any atom is -0.496 e. The number of amides is 1. The molecular formula is C28H30Cl2N2O6S. The van der Waals surface area contributed by atoms with Crippen molar-refractivity contribution in [1.29, 1.82) is 0 Å². The number of ether oxygens (including phenoxy) is 3. The molecule has 0 unspecified atom stereocenters. The predicted molar refractivity (Wildman–Crippen MR) is 155 cm³/mol. The van der Waals surface area contributed by atoms with Crippen molar-refractivity contribution in [2.24, 2.45) is 0 Å². The normalized spacial score (nSPS) is 11.4. The molecule has 39 heavy (non-hydrogen) atoms. The quantitative estimate of drug-likeness (QED) is 0.113. The van der Waals surface area contributed by atoms with E-state index >= 15 is 0 Å². The lowest BCUT2D eigenvalue weighted by Gasteiger charge is -2.13. The third-order valence-corrected chi connectivity index (χ3v) is 7.13. The van der Waals surface area contributed by atoms with Crippen LogP contribution in [0.15, 0.2) is 41.5 Å². The van der Waals surface area contributed by atoms with Crippen molar-refractivity contribution >= 4 is 57.6 Å². The molecule has 0 aliphatic carbocycles. The molecule has 1 amide bonds. The van der Waals surface area contributed by atoms with Gasteiger partial charge in [0.15, 0.2) is 5.13 Å². The molecule has 0 atom stereocenters. The van der Waals surface area contributed by atoms with Gasteiger partial charge in [0.1, 0.15) is 5.75 Å². The predicted octanol–water partition coefficient (Wildman–Crippen LogP) is 7.55. The number of nitrogens with one attached hydrogen (secondary N) is 1. The molecule has 0 spiro atoms. The zero-order chi connectivity index (χ0) is 28.4. The average molecular weight is 594 g/mol. The summed E-state index contributed by atoms with van der Waals surface area (Å²) in [6.07, 6.45) is 5.76. The van der Waals surface area contributed by atoms with Gasteiger partial charge in [-0.05, 0) is 30.7 Å². The number of carboxylic acid groups (broad SMARTS) is 1. The van der Waals surface area contributed by atoms with Crippen molar-refractivity contribution < 1.29 is 28.9 Å². The first-order chi connectivity index (χ1) is 18.8. The number of anilines is 1. The van der Waals surface area contributed by atoms with Crippen molar-refractivity contribution in [1.82, 2.24) is 4.98 Å². The zero-order valence-corrected chi connectivity index (χ0v) is 24.2. The number of hydrogen-bond acceptors (Lipinski definition) is 7. The number of halogens is 2. The van der Waals surface area contributed by atoms with Crippen LogP contribution in [0.1, 0.15) is 54.1 Å². The number of carbonyl (C=O) groups is 2. The Labute approximate surface area is 241 Å². The number of para-hydroxylation sites is 1. The first-order valence-corrected chi connectivity index (χ1v) is 13.9. The van der Waals surface area contributed by atoms with Crippen LogP contribution in [0.5, 0.6) is 5.75 Å². The molecule has 3 rings (SSSR count). The molecule has 1 aromatic heterocycles. The standard InChI is InChI=1S/C28H30Cl2N2O6S/c1-4-5-6-7-11-38-15-17-9-8-10-19(25(17)37-3)23-16-39-28(31-23)32-26(33)18-12-21(29)20(22(30)13-18)14-24(36-2)27(34)35/h8-10,12-14,16H,4-7,11,15H2,1-3H3,(H,34,35)(H,31,32,33)/b24-14+. The van der Waals surface area contributed by atoms with Gasteiger partial charge >= 0.3 is 5.97 Å². The Morgan fingerprint density at radius 2 is 1.87 bits per heavy atom. The van der Waals surface area contributed by atoms with Gasteiger partial charge in [-0.15, -0.1) is 11.3 Å². The van der Waals surface area contributed by atoms with Gasteiger partial charge in [-0.3, -0.25) is 10.1 Å². The summed E-state index contributed by atoms with van der Waals surface area (Å²) >= 11 is 13.8. The molecule has 1 heterocycles. The second kappa shape index (κ2) is 14.9. The van der Waals surface area contributed by atoms with Crippen molar-refractivity contribution in [3.63, 3.8) is 0 Å². The van der Waals surface area contributed by atoms with Crippen LogP contribution in [-0.4, -0.2) is 42.8 Å². The van der Waals surface area contributed by atoms with Crippen LogP contribution in [0.25, 0.3) is 17.3 Å². The molecule has 0 fully saturated rings. The van der Waals surface area contributed by atoms with Crippen LogP contribution in [0.2, 0.25) is 10.0 Å². The van der Waals surface area contributed by atoms with Crippen LogP contribution in [-0.2, 0) is 20.9 Å². The summed E-state index contributed by atoms with van der Waals surface area (Å²) in [4.78, 5) is 28.7. The topological polar surface area (TPSA) is 107 Å². The largest absolute Gasteiger partial charge is 0.496 e. The molecule has 0 bridgehead atoms. The summed E-state index contributed by atoms with van der Waals surface area (Å²) in [5.74, 6) is -1.42. The molecule has 0 radical (unpaired) electrons. The highest BCUT2D eigenvalue weighted by atomic mass is 35.5. The van der Waals surface area contributed by atoms with E-state index in [1.165, 1.54) is 49.5 Å². The Morgan fingerprint density at radius 1 is 1.13 bits per heavy atom. The van der Waals surface area contributed by atoms with E-state index in [0.717, 1.165) is 24.0 Å². The maximum absolute atomic E-state index is 12.9. The fourth-order valence-corrected chi connectivity index (χ4v) is 5.07. The first kappa shape index (κ1) is 30.4. The summed E-state index contributed by atoms with van der Waals surface area (Å²) < 4.78 is 16.4. The number of rotatable bonds is 14. The van der Waals surface area contributed by atoms with Crippen LogP contribution < -0.4 is 10.1 Å². The number of hydrogen-bond donors (Lipinski definition) is 2. The molecule has 0 saturated carbocycles. The Kier molecular flexibility index (Phi) is 11.6. The molecular weight excluding hydrogens is 563 g/mol. The Bertz CT molecular complexity index is 1320. The number of benzene rings is 2. The maximum Gasteiger partial charge on any atom is 0.371 e. The van der Waals surface area contributed by atoms with Gasteiger partial charge in [0.05, 0.1) is 36.6 Å². The van der Waals surface area contributed by atoms with Gasteiger partial charge in [0.2, 0.25) is 5.76 Å². The van der Waals surface area contributed by atoms with E-state index in [0.29, 0.717) is 29.8 Å². The SMILES string of the molecule is CCCCCCOCc1cccc(-c2csc(NC(=O)c3cc(Cl)c(/C=C(/OC)C(=O)O)c(Cl)c3)n2)c1OC. The van der Waals surface area contributed by atoms with E-state index in [1.807, 2.05) is 23.6 Å². The van der Waals surface area contributed by atoms with Crippen molar-refractivity contribution in [2.75, 3.05) is 26.1 Å². The molecule has 11 heteroatoms. The van der Waals surface area contributed by atoms with Crippen LogP contribution in [0.4, 0.5) is 5.13 Å². The van der Waals surface area contributed by atoms with Crippen molar-refractivity contribution in [3.8, 4) is 17.0 Å². The molecule has 0 aliphatic heterocycles. The van der Waals surface area contributed by atoms with Crippen LogP contribution in [0, 0.1) is 0 Å². The molecule has 2 aromatic carbocycles. The smallest absolute Gasteiger partial charge is 0.371 e. The summed E-state index contributed by atoms with van der Waals surface area (Å²) in [7, 11) is 2.83. The minimum atomic E-state index is -1.27. The average Bonchev–Trinajstić information content (AvgIpc) is 3.38. The Hall–Kier alpha value is -3.11. The third-order valence-electron chi connectivity index (χ3n) is 5.75. The number of nitrogens with zero attached hydrogens (tertiary/aromatic N) is 1. The molecule has 208 valence electrons. The van der Waals surface area contributed by atoms with E-state index in [1.54, 1.807) is 7.11 Å². The van der Waals surface area contributed by atoms with E-state index < -0.39 is 11.9 Å². The van der Waals surface area contributed by atoms with Gasteiger partial charge in [-0.25, -0.2) is 9.78 Å². The molecule has 0 aliphatic rings. The number of carbonyl (C=O) groups excluding carboxylic acids is 1. The zero-order valence-electron chi connectivity index (χ0n) is 21.9. The number of carboxylic acids is 1. The molecule has 3 aromatic rings. The van der Waals surface area contributed by atoms with Gasteiger partial charge in [-0.2, -0.15) is 0 Å². The van der Waals surface area contributed by atoms with Crippen molar-refractivity contribution in [2.45, 2.75) is 39.2 Å². The van der Waals surface area contributed by atoms with E-state index in [-0.39, 0.29) is 26.9 Å². The highest BCUT2D eigenvalue weighted by Crippen LogP contribution is 2.36. The van der Waals surface area contributed by atoms with Gasteiger partial charge in [0, 0.05) is 34.2 Å². The summed E-state index contributed by atoms with van der Waals surface area (Å²) in [5, 5.41) is 14.3. The lowest BCUT2D eigenvalue weighted by atomic mass is 10.1. The second-order valence-electron chi connectivity index (χ2n) is 8.47. The lowest BCUT2D eigenvalue weighted by molar-refractivity contribution is -0.135. The first-order valence-electron chi connectivity index (χ1n) is 12.3. The Morgan fingerprint density at radius 3 is 2.51 bits per heavy atom. The highest BCUT2D eigenvalue weighted by molar-refractivity contribution is 7.14. The van der Waals surface area contributed by atoms with E-state index in [2.05, 4.69) is 17.2 Å². The van der Waals surface area contributed by atoms with E-state index in [9.17, 15) is 9.59 Å². The number of unbranched alkanes of at least 4 members (excludes halogenated alkanes) is 3. The highest BCUT2D eigenvalue weighted by Gasteiger charge is 2.18. The molecule has 2 N–H and O–H groups in total. The minimum absolute atomic E-state index is 0.0948. The van der Waals surface area contributed by atoms with Crippen LogP contribution >= 0.6 is 34.5 Å². The third kappa shape index (κ3) is 8.19. The fourth-order valence-electron chi connectivity index (χ4n) is 3.77. The number of aromatic nitrogens is 1. The maximum atomic E-state index is 12.9. The number of aliphatic carboxylic acids is 1.